The molecule has 0 radical (unpaired) electrons. The van der Waals surface area contributed by atoms with Crippen LogP contribution in [0.3, 0.4) is 0 Å². The molecule has 0 aliphatic carbocycles. The van der Waals surface area contributed by atoms with Crippen molar-refractivity contribution in [2.24, 2.45) is 7.05 Å². The third-order valence-corrected chi connectivity index (χ3v) is 8.77. The fraction of sp³-hybridized carbons (Fsp3) is 0.200. The van der Waals surface area contributed by atoms with E-state index in [2.05, 4.69) is 130 Å². The first kappa shape index (κ1) is 27.8. The summed E-state index contributed by atoms with van der Waals surface area (Å²) in [6.07, 6.45) is 0. The Morgan fingerprint density at radius 2 is 1.27 bits per heavy atom. The van der Waals surface area contributed by atoms with E-state index < -0.39 is 0 Å². The number of nitrogens with zero attached hydrogens (tertiary/aromatic N) is 3. The van der Waals surface area contributed by atoms with Gasteiger partial charge in [0.05, 0.1) is 7.05 Å². The van der Waals surface area contributed by atoms with Gasteiger partial charge in [-0.2, -0.15) is 4.57 Å². The third-order valence-electron chi connectivity index (χ3n) is 8.77. The van der Waals surface area contributed by atoms with Crippen molar-refractivity contribution in [3.05, 3.63) is 126 Å². The minimum atomic E-state index is 0.303. The van der Waals surface area contributed by atoms with Gasteiger partial charge in [-0.3, -0.25) is 0 Å². The number of fused-ring (bicyclic) bond motifs is 2. The van der Waals surface area contributed by atoms with E-state index in [1.807, 2.05) is 30.3 Å². The van der Waals surface area contributed by atoms with E-state index in [-0.39, 0.29) is 0 Å². The van der Waals surface area contributed by atoms with Gasteiger partial charge in [-0.15, -0.1) is 0 Å². The summed E-state index contributed by atoms with van der Waals surface area (Å²) in [5.41, 5.74) is 13.6. The van der Waals surface area contributed by atoms with E-state index in [1.54, 1.807) is 0 Å². The van der Waals surface area contributed by atoms with Gasteiger partial charge in [-0.1, -0.05) is 94.4 Å². The predicted octanol–water partition coefficient (Wildman–Crippen LogP) is 10.2. The van der Waals surface area contributed by atoms with Gasteiger partial charge < -0.3 is 4.42 Å². The number of rotatable bonds is 6. The van der Waals surface area contributed by atoms with Crippen molar-refractivity contribution < 1.29 is 8.98 Å². The summed E-state index contributed by atoms with van der Waals surface area (Å²) >= 11 is 0. The summed E-state index contributed by atoms with van der Waals surface area (Å²) in [5.74, 6) is 2.33. The van der Waals surface area contributed by atoms with E-state index in [9.17, 15) is 0 Å². The monoisotopic (exact) mass is 576 g/mol. The van der Waals surface area contributed by atoms with Crippen molar-refractivity contribution in [2.45, 2.75) is 46.5 Å². The summed E-state index contributed by atoms with van der Waals surface area (Å²) < 4.78 is 11.5. The van der Waals surface area contributed by atoms with Crippen LogP contribution in [0.5, 0.6) is 0 Å². The number of oxazole rings is 1. The van der Waals surface area contributed by atoms with E-state index in [0.29, 0.717) is 17.7 Å². The van der Waals surface area contributed by atoms with E-state index in [1.165, 1.54) is 39.0 Å². The topological polar surface area (TPSA) is 34.8 Å². The van der Waals surface area contributed by atoms with Crippen LogP contribution in [-0.4, -0.2) is 9.55 Å². The first-order valence-corrected chi connectivity index (χ1v) is 15.5. The van der Waals surface area contributed by atoms with Crippen molar-refractivity contribution in [1.82, 2.24) is 9.55 Å². The number of hydrogen-bond donors (Lipinski definition) is 0. The van der Waals surface area contributed by atoms with Crippen molar-refractivity contribution >= 4 is 22.1 Å². The average Bonchev–Trinajstić information content (AvgIpc) is 3.60. The molecule has 5 aromatic carbocycles. The molecule has 0 spiro atoms. The Bertz CT molecular complexity index is 2100. The molecule has 218 valence electrons. The molecule has 0 fully saturated rings. The summed E-state index contributed by atoms with van der Waals surface area (Å²) in [6.45, 7) is 11.4. The van der Waals surface area contributed by atoms with Crippen LogP contribution in [0, 0.1) is 6.92 Å². The Hall–Kier alpha value is -4.96. The molecule has 0 aliphatic heterocycles. The largest absolute Gasteiger partial charge is 0.435 e. The predicted molar refractivity (Wildman–Crippen MR) is 181 cm³/mol. The summed E-state index contributed by atoms with van der Waals surface area (Å²) in [6, 6.07) is 38.6. The number of imidazole rings is 1. The van der Waals surface area contributed by atoms with Crippen molar-refractivity contribution in [1.29, 1.82) is 0 Å². The summed E-state index contributed by atoms with van der Waals surface area (Å²) in [7, 11) is 2.17. The third kappa shape index (κ3) is 4.53. The molecule has 0 saturated heterocycles. The zero-order valence-electron chi connectivity index (χ0n) is 26.3. The highest BCUT2D eigenvalue weighted by Gasteiger charge is 2.34. The Kier molecular flexibility index (Phi) is 6.93. The van der Waals surface area contributed by atoms with Gasteiger partial charge in [-0.25, -0.2) is 9.55 Å². The van der Waals surface area contributed by atoms with Crippen LogP contribution in [0.15, 0.2) is 114 Å². The highest BCUT2D eigenvalue weighted by Crippen LogP contribution is 2.42. The van der Waals surface area contributed by atoms with Gasteiger partial charge in [0.15, 0.2) is 16.6 Å². The van der Waals surface area contributed by atoms with Crippen LogP contribution in [0.25, 0.3) is 61.8 Å². The molecule has 2 heterocycles. The van der Waals surface area contributed by atoms with Gasteiger partial charge in [0.1, 0.15) is 16.8 Å². The SMILES string of the molecule is Cc1ccc2nc(-c3ccccc3)oc2c1-c1n(-c2c(C(C)C)cc(-c3ccccc3)cc2C(C)C)c2ccccc2[n+]1C. The number of aryl methyl sites for hydroxylation is 2. The minimum Gasteiger partial charge on any atom is -0.435 e. The van der Waals surface area contributed by atoms with Crippen LogP contribution >= 0.6 is 0 Å². The van der Waals surface area contributed by atoms with Crippen LogP contribution in [0.1, 0.15) is 56.2 Å². The maximum atomic E-state index is 6.66. The quantitative estimate of drug-likeness (QED) is 0.185. The number of hydrogen-bond acceptors (Lipinski definition) is 2. The number of benzene rings is 5. The van der Waals surface area contributed by atoms with Gasteiger partial charge in [0, 0.05) is 16.7 Å². The molecule has 7 rings (SSSR count). The van der Waals surface area contributed by atoms with Crippen LogP contribution in [0.2, 0.25) is 0 Å². The lowest BCUT2D eigenvalue weighted by atomic mass is 9.88. The summed E-state index contributed by atoms with van der Waals surface area (Å²) in [4.78, 5) is 4.95. The lowest BCUT2D eigenvalue weighted by Crippen LogP contribution is -2.30. The van der Waals surface area contributed by atoms with Crippen molar-refractivity contribution in [3.63, 3.8) is 0 Å². The lowest BCUT2D eigenvalue weighted by Gasteiger charge is -2.21. The number of aromatic nitrogens is 3. The molecule has 0 amide bonds. The Labute approximate surface area is 259 Å². The fourth-order valence-electron chi connectivity index (χ4n) is 6.51. The highest BCUT2D eigenvalue weighted by molar-refractivity contribution is 5.93. The first-order valence-electron chi connectivity index (χ1n) is 15.5. The maximum absolute atomic E-state index is 6.66. The van der Waals surface area contributed by atoms with Gasteiger partial charge in [0.25, 0.3) is 5.82 Å². The fourth-order valence-corrected chi connectivity index (χ4v) is 6.51. The normalized spacial score (nSPS) is 11.8. The van der Waals surface area contributed by atoms with Gasteiger partial charge >= 0.3 is 0 Å². The zero-order valence-corrected chi connectivity index (χ0v) is 26.3. The van der Waals surface area contributed by atoms with E-state index in [0.717, 1.165) is 33.6 Å². The van der Waals surface area contributed by atoms with E-state index >= 15 is 0 Å². The Morgan fingerprint density at radius 3 is 1.91 bits per heavy atom. The first-order chi connectivity index (χ1) is 21.3. The highest BCUT2D eigenvalue weighted by atomic mass is 16.3. The Balaban J connectivity index is 1.60. The molecule has 0 unspecified atom stereocenters. The maximum Gasteiger partial charge on any atom is 0.299 e. The second-order valence-electron chi connectivity index (χ2n) is 12.4. The molecular weight excluding hydrogens is 538 g/mol. The van der Waals surface area contributed by atoms with Gasteiger partial charge in [-0.05, 0) is 77.9 Å². The average molecular weight is 577 g/mol. The Morgan fingerprint density at radius 1 is 0.682 bits per heavy atom. The molecule has 0 aliphatic rings. The number of para-hydroxylation sites is 2. The molecule has 0 bridgehead atoms. The molecule has 4 heteroatoms. The minimum absolute atomic E-state index is 0.303. The smallest absolute Gasteiger partial charge is 0.299 e. The molecule has 0 saturated carbocycles. The molecular formula is C40H38N3O+. The van der Waals surface area contributed by atoms with E-state index in [4.69, 9.17) is 9.40 Å². The van der Waals surface area contributed by atoms with Crippen LogP contribution in [0.4, 0.5) is 0 Å². The molecule has 2 aromatic heterocycles. The van der Waals surface area contributed by atoms with Crippen molar-refractivity contribution in [3.8, 4) is 39.7 Å². The van der Waals surface area contributed by atoms with Crippen LogP contribution < -0.4 is 4.57 Å². The van der Waals surface area contributed by atoms with Crippen LogP contribution in [-0.2, 0) is 7.05 Å². The molecule has 7 aromatic rings. The van der Waals surface area contributed by atoms with Gasteiger partial charge in [0.2, 0.25) is 5.89 Å². The molecule has 44 heavy (non-hydrogen) atoms. The molecule has 4 nitrogen and oxygen atoms in total. The summed E-state index contributed by atoms with van der Waals surface area (Å²) in [5, 5.41) is 0. The lowest BCUT2D eigenvalue weighted by molar-refractivity contribution is -0.633. The zero-order chi connectivity index (χ0) is 30.5. The second-order valence-corrected chi connectivity index (χ2v) is 12.4. The standard InChI is InChI=1S/C40H38N3O/c1-25(2)31-23-30(28-15-9-7-10-16-28)24-32(26(3)4)37(31)43-35-20-14-13-19-34(35)42(6)40(43)36-27(5)21-22-33-38(36)44-39(41-33)29-17-11-8-12-18-29/h7-26H,1-6H3/q+1. The van der Waals surface area contributed by atoms with Crippen molar-refractivity contribution in [2.75, 3.05) is 0 Å². The molecule has 0 N–H and O–H groups in total. The second kappa shape index (κ2) is 10.9. The molecule has 0 atom stereocenters.